The molecular weight excluding hydrogens is 697 g/mol. The van der Waals surface area contributed by atoms with Gasteiger partial charge in [-0.15, -0.1) is 0 Å². The fraction of sp³-hybridized carbons (Fsp3) is 0.940. The van der Waals surface area contributed by atoms with Crippen LogP contribution in [-0.2, 0) is 28.6 Å². The lowest BCUT2D eigenvalue weighted by molar-refractivity contribution is -0.167. The smallest absolute Gasteiger partial charge is 0.306 e. The van der Waals surface area contributed by atoms with Crippen molar-refractivity contribution >= 4 is 17.9 Å². The van der Waals surface area contributed by atoms with E-state index >= 15 is 0 Å². The Balaban J connectivity index is 4.07. The molecule has 0 radical (unpaired) electrons. The topological polar surface area (TPSA) is 78.9 Å². The van der Waals surface area contributed by atoms with Crippen molar-refractivity contribution in [3.8, 4) is 0 Å². The maximum atomic E-state index is 12.7. The van der Waals surface area contributed by atoms with Crippen molar-refractivity contribution in [3.05, 3.63) is 0 Å². The molecule has 0 aromatic heterocycles. The largest absolute Gasteiger partial charge is 0.462 e. The molecule has 6 nitrogen and oxygen atoms in total. The highest BCUT2D eigenvalue weighted by molar-refractivity contribution is 5.71. The van der Waals surface area contributed by atoms with Gasteiger partial charge in [-0.3, -0.25) is 14.4 Å². The van der Waals surface area contributed by atoms with Gasteiger partial charge in [-0.25, -0.2) is 0 Å². The molecule has 0 fully saturated rings. The van der Waals surface area contributed by atoms with E-state index < -0.39 is 6.10 Å². The Morgan fingerprint density at radius 1 is 0.339 bits per heavy atom. The third-order valence-electron chi connectivity index (χ3n) is 11.3. The average molecular weight is 793 g/mol. The quantitative estimate of drug-likeness (QED) is 0.0347. The Morgan fingerprint density at radius 3 is 0.875 bits per heavy atom. The predicted octanol–water partition coefficient (Wildman–Crippen LogP) is 15.9. The molecule has 0 heterocycles. The summed E-state index contributed by atoms with van der Waals surface area (Å²) in [5, 5.41) is 0. The molecule has 0 rings (SSSR count). The molecule has 0 amide bonds. The number of unbranched alkanes of at least 4 members (excludes halogenated alkanes) is 32. The summed E-state index contributed by atoms with van der Waals surface area (Å²) < 4.78 is 16.6. The van der Waals surface area contributed by atoms with E-state index in [1.807, 2.05) is 0 Å². The van der Waals surface area contributed by atoms with E-state index in [4.69, 9.17) is 14.2 Å². The van der Waals surface area contributed by atoms with Crippen molar-refractivity contribution in [2.75, 3.05) is 13.2 Å². The summed E-state index contributed by atoms with van der Waals surface area (Å²) in [5.74, 6) is -0.00432. The zero-order chi connectivity index (χ0) is 41.0. The summed E-state index contributed by atoms with van der Waals surface area (Å²) in [6.45, 7) is 8.95. The van der Waals surface area contributed by atoms with E-state index in [2.05, 4.69) is 27.7 Å². The fourth-order valence-corrected chi connectivity index (χ4v) is 7.51. The minimum Gasteiger partial charge on any atom is -0.462 e. The zero-order valence-electron chi connectivity index (χ0n) is 38.1. The van der Waals surface area contributed by atoms with Gasteiger partial charge in [-0.1, -0.05) is 240 Å². The van der Waals surface area contributed by atoms with Crippen LogP contribution in [0.25, 0.3) is 0 Å². The van der Waals surface area contributed by atoms with Crippen LogP contribution in [0.4, 0.5) is 0 Å². The van der Waals surface area contributed by atoms with Crippen molar-refractivity contribution in [2.45, 2.75) is 284 Å². The molecule has 0 bridgehead atoms. The molecule has 56 heavy (non-hydrogen) atoms. The van der Waals surface area contributed by atoms with Crippen LogP contribution in [0.15, 0.2) is 0 Å². The minimum atomic E-state index is -0.758. The summed E-state index contributed by atoms with van der Waals surface area (Å²) in [5.41, 5.74) is 0. The number of hydrogen-bond acceptors (Lipinski definition) is 6. The Bertz CT molecular complexity index is 841. The van der Waals surface area contributed by atoms with Crippen LogP contribution < -0.4 is 0 Å². The highest BCUT2D eigenvalue weighted by atomic mass is 16.6. The molecule has 0 saturated carbocycles. The minimum absolute atomic E-state index is 0.0641. The first-order valence-corrected chi connectivity index (χ1v) is 24.9. The van der Waals surface area contributed by atoms with Crippen LogP contribution in [0.3, 0.4) is 0 Å². The van der Waals surface area contributed by atoms with E-state index in [1.54, 1.807) is 0 Å². The number of ether oxygens (including phenoxy) is 3. The molecule has 0 aliphatic heterocycles. The summed E-state index contributed by atoms with van der Waals surface area (Å²) in [4.78, 5) is 37.5. The molecule has 0 aromatic carbocycles. The van der Waals surface area contributed by atoms with E-state index in [9.17, 15) is 14.4 Å². The van der Waals surface area contributed by atoms with Gasteiger partial charge in [0.15, 0.2) is 6.10 Å². The normalized spacial score (nSPS) is 11.9. The Kier molecular flexibility index (Phi) is 43.2. The second-order valence-electron chi connectivity index (χ2n) is 17.6. The number of carbonyl (C=O) groups excluding carboxylic acids is 3. The first-order valence-electron chi connectivity index (χ1n) is 24.9. The van der Waals surface area contributed by atoms with Crippen molar-refractivity contribution in [2.24, 2.45) is 5.92 Å². The third-order valence-corrected chi connectivity index (χ3v) is 11.3. The molecule has 0 saturated heterocycles. The van der Waals surface area contributed by atoms with Gasteiger partial charge in [0.05, 0.1) is 0 Å². The Morgan fingerprint density at radius 2 is 0.589 bits per heavy atom. The second kappa shape index (κ2) is 44.5. The van der Waals surface area contributed by atoms with Crippen LogP contribution in [0.2, 0.25) is 0 Å². The van der Waals surface area contributed by atoms with E-state index in [0.717, 1.165) is 70.1 Å². The Labute approximate surface area is 348 Å². The third kappa shape index (κ3) is 43.5. The highest BCUT2D eigenvalue weighted by Gasteiger charge is 2.19. The van der Waals surface area contributed by atoms with Gasteiger partial charge in [0.2, 0.25) is 0 Å². The van der Waals surface area contributed by atoms with Gasteiger partial charge < -0.3 is 14.2 Å². The lowest BCUT2D eigenvalue weighted by Gasteiger charge is -2.18. The fourth-order valence-electron chi connectivity index (χ4n) is 7.51. The van der Waals surface area contributed by atoms with Gasteiger partial charge in [-0.05, 0) is 25.2 Å². The van der Waals surface area contributed by atoms with Crippen molar-refractivity contribution in [1.82, 2.24) is 0 Å². The molecule has 0 aliphatic carbocycles. The van der Waals surface area contributed by atoms with Crippen LogP contribution in [0.1, 0.15) is 278 Å². The van der Waals surface area contributed by atoms with Crippen LogP contribution in [0, 0.1) is 5.92 Å². The molecule has 0 N–H and O–H groups in total. The van der Waals surface area contributed by atoms with Gasteiger partial charge in [0.25, 0.3) is 0 Å². The molecular formula is C50H96O6. The molecule has 1 atom stereocenters. The van der Waals surface area contributed by atoms with Crippen molar-refractivity contribution in [1.29, 1.82) is 0 Å². The van der Waals surface area contributed by atoms with Gasteiger partial charge in [0.1, 0.15) is 13.2 Å². The first kappa shape index (κ1) is 54.4. The maximum Gasteiger partial charge on any atom is 0.306 e. The number of hydrogen-bond donors (Lipinski definition) is 0. The summed E-state index contributed by atoms with van der Waals surface area (Å²) in [6.07, 6.45) is 45.5. The number of carbonyl (C=O) groups is 3. The molecule has 0 aliphatic rings. The lowest BCUT2D eigenvalue weighted by Crippen LogP contribution is -2.30. The van der Waals surface area contributed by atoms with E-state index in [-0.39, 0.29) is 31.1 Å². The van der Waals surface area contributed by atoms with Crippen molar-refractivity contribution < 1.29 is 28.6 Å². The summed E-state index contributed by atoms with van der Waals surface area (Å²) in [7, 11) is 0. The molecule has 0 spiro atoms. The van der Waals surface area contributed by atoms with Crippen LogP contribution in [0.5, 0.6) is 0 Å². The van der Waals surface area contributed by atoms with Crippen molar-refractivity contribution in [3.63, 3.8) is 0 Å². The predicted molar refractivity (Wildman–Crippen MR) is 238 cm³/mol. The van der Waals surface area contributed by atoms with E-state index in [0.29, 0.717) is 19.3 Å². The molecule has 0 unspecified atom stereocenters. The summed E-state index contributed by atoms with van der Waals surface area (Å²) in [6, 6.07) is 0. The molecule has 332 valence electrons. The lowest BCUT2D eigenvalue weighted by atomic mass is 10.0. The number of esters is 3. The SMILES string of the molecule is CCCCCCCCCCCCCCC(=O)OC[C@H](COC(=O)CCCCCCC)OC(=O)CCCCCCCCCCCCCCCCCCCCC(C)C. The van der Waals surface area contributed by atoms with E-state index in [1.165, 1.54) is 167 Å². The highest BCUT2D eigenvalue weighted by Crippen LogP contribution is 2.17. The summed E-state index contributed by atoms with van der Waals surface area (Å²) >= 11 is 0. The molecule has 0 aromatic rings. The Hall–Kier alpha value is -1.59. The van der Waals surface area contributed by atoms with Gasteiger partial charge >= 0.3 is 17.9 Å². The monoisotopic (exact) mass is 793 g/mol. The average Bonchev–Trinajstić information content (AvgIpc) is 3.18. The number of rotatable bonds is 45. The zero-order valence-corrected chi connectivity index (χ0v) is 38.1. The van der Waals surface area contributed by atoms with Crippen LogP contribution >= 0.6 is 0 Å². The van der Waals surface area contributed by atoms with Crippen LogP contribution in [-0.4, -0.2) is 37.2 Å². The van der Waals surface area contributed by atoms with Gasteiger partial charge in [-0.2, -0.15) is 0 Å². The maximum absolute atomic E-state index is 12.7. The molecule has 6 heteroatoms. The van der Waals surface area contributed by atoms with Gasteiger partial charge in [0, 0.05) is 19.3 Å². The first-order chi connectivity index (χ1) is 27.4. The standard InChI is InChI=1S/C50H96O6/c1-5-7-9-11-12-13-14-24-27-30-34-38-42-49(52)55-45-47(44-54-48(51)41-37-32-10-8-6-2)56-50(53)43-39-35-31-28-25-22-20-18-16-15-17-19-21-23-26-29-33-36-40-46(3)4/h46-47H,5-45H2,1-4H3/t47-/m0/s1. The second-order valence-corrected chi connectivity index (χ2v) is 17.6.